The van der Waals surface area contributed by atoms with Gasteiger partial charge in [0, 0.05) is 42.9 Å². The molecule has 2 heterocycles. The summed E-state index contributed by atoms with van der Waals surface area (Å²) in [7, 11) is 3.07. The van der Waals surface area contributed by atoms with E-state index in [0.717, 1.165) is 5.56 Å². The second kappa shape index (κ2) is 8.47. The molecule has 1 aliphatic heterocycles. The van der Waals surface area contributed by atoms with E-state index >= 15 is 0 Å². The number of benzene rings is 2. The molecule has 0 spiro atoms. The number of ether oxygens (including phenoxy) is 2. The Balaban J connectivity index is 1.48. The summed E-state index contributed by atoms with van der Waals surface area (Å²) in [5.74, 6) is 1.18. The molecule has 4 rings (SSSR count). The van der Waals surface area contributed by atoms with E-state index in [0.29, 0.717) is 34.6 Å². The molecule has 1 fully saturated rings. The van der Waals surface area contributed by atoms with Gasteiger partial charge in [0.15, 0.2) is 11.5 Å². The van der Waals surface area contributed by atoms with Gasteiger partial charge in [-0.3, -0.25) is 9.59 Å². The van der Waals surface area contributed by atoms with Crippen LogP contribution in [0.25, 0.3) is 11.4 Å². The van der Waals surface area contributed by atoms with Gasteiger partial charge in [0.25, 0.3) is 0 Å². The standard InChI is InChI=1S/C22H22N4O5/c1-13-23-21(25-31-13)14-5-4-6-17(9-14)26-12-15(10-20(26)27)22(28)24-16-7-8-18(29-2)19(11-16)30-3/h4-9,11,15H,10,12H2,1-3H3,(H,24,28). The molecule has 31 heavy (non-hydrogen) atoms. The number of amides is 2. The van der Waals surface area contributed by atoms with Gasteiger partial charge in [-0.25, -0.2) is 0 Å². The number of rotatable bonds is 6. The molecule has 0 radical (unpaired) electrons. The van der Waals surface area contributed by atoms with E-state index < -0.39 is 5.92 Å². The summed E-state index contributed by atoms with van der Waals surface area (Å²) in [6, 6.07) is 12.4. The molecule has 1 aliphatic rings. The van der Waals surface area contributed by atoms with Gasteiger partial charge in [-0.1, -0.05) is 17.3 Å². The van der Waals surface area contributed by atoms with Crippen LogP contribution < -0.4 is 19.7 Å². The Bertz CT molecular complexity index is 1130. The van der Waals surface area contributed by atoms with Crippen LogP contribution in [0.1, 0.15) is 12.3 Å². The molecule has 160 valence electrons. The summed E-state index contributed by atoms with van der Waals surface area (Å²) in [5, 5.41) is 6.77. The Morgan fingerprint density at radius 2 is 1.97 bits per heavy atom. The first-order valence-electron chi connectivity index (χ1n) is 9.72. The number of methoxy groups -OCH3 is 2. The Morgan fingerprint density at radius 3 is 2.68 bits per heavy atom. The molecule has 9 nitrogen and oxygen atoms in total. The van der Waals surface area contributed by atoms with Crippen LogP contribution >= 0.6 is 0 Å². The van der Waals surface area contributed by atoms with Crippen molar-refractivity contribution in [1.29, 1.82) is 0 Å². The summed E-state index contributed by atoms with van der Waals surface area (Å²) >= 11 is 0. The number of hydrogen-bond donors (Lipinski definition) is 1. The van der Waals surface area contributed by atoms with Crippen LogP contribution in [0.3, 0.4) is 0 Å². The molecule has 0 bridgehead atoms. The largest absolute Gasteiger partial charge is 0.493 e. The van der Waals surface area contributed by atoms with Gasteiger partial charge in [-0.2, -0.15) is 4.98 Å². The van der Waals surface area contributed by atoms with Crippen LogP contribution in [0.2, 0.25) is 0 Å². The molecule has 0 saturated carbocycles. The van der Waals surface area contributed by atoms with Crippen LogP contribution in [0.5, 0.6) is 11.5 Å². The number of hydrogen-bond acceptors (Lipinski definition) is 7. The third-order valence-electron chi connectivity index (χ3n) is 5.09. The van der Waals surface area contributed by atoms with E-state index in [2.05, 4.69) is 15.5 Å². The minimum atomic E-state index is -0.475. The second-order valence-corrected chi connectivity index (χ2v) is 7.15. The minimum absolute atomic E-state index is 0.117. The molecule has 3 aromatic rings. The first kappa shape index (κ1) is 20.4. The van der Waals surface area contributed by atoms with E-state index in [1.165, 1.54) is 7.11 Å². The topological polar surface area (TPSA) is 107 Å². The SMILES string of the molecule is COc1ccc(NC(=O)C2CC(=O)N(c3cccc(-c4noc(C)n4)c3)C2)cc1OC. The molecular weight excluding hydrogens is 400 g/mol. The molecule has 1 aromatic heterocycles. The number of nitrogens with one attached hydrogen (secondary N) is 1. The zero-order valence-corrected chi connectivity index (χ0v) is 17.4. The van der Waals surface area contributed by atoms with Crippen molar-refractivity contribution < 1.29 is 23.6 Å². The highest BCUT2D eigenvalue weighted by Crippen LogP contribution is 2.32. The van der Waals surface area contributed by atoms with Crippen LogP contribution in [0.4, 0.5) is 11.4 Å². The lowest BCUT2D eigenvalue weighted by atomic mass is 10.1. The lowest BCUT2D eigenvalue weighted by molar-refractivity contribution is -0.122. The van der Waals surface area contributed by atoms with Gasteiger partial charge in [0.05, 0.1) is 20.1 Å². The maximum atomic E-state index is 12.8. The fourth-order valence-corrected chi connectivity index (χ4v) is 3.52. The van der Waals surface area contributed by atoms with E-state index in [9.17, 15) is 9.59 Å². The summed E-state index contributed by atoms with van der Waals surface area (Å²) < 4.78 is 15.5. The Morgan fingerprint density at radius 1 is 1.16 bits per heavy atom. The van der Waals surface area contributed by atoms with Crippen molar-refractivity contribution in [2.24, 2.45) is 5.92 Å². The van der Waals surface area contributed by atoms with E-state index in [4.69, 9.17) is 14.0 Å². The third kappa shape index (κ3) is 4.20. The van der Waals surface area contributed by atoms with Crippen molar-refractivity contribution in [2.45, 2.75) is 13.3 Å². The van der Waals surface area contributed by atoms with Crippen LogP contribution in [-0.4, -0.2) is 42.7 Å². The maximum Gasteiger partial charge on any atom is 0.229 e. The zero-order chi connectivity index (χ0) is 22.0. The number of aryl methyl sites for hydroxylation is 1. The van der Waals surface area contributed by atoms with Crippen LogP contribution in [0, 0.1) is 12.8 Å². The lowest BCUT2D eigenvalue weighted by Gasteiger charge is -2.17. The fourth-order valence-electron chi connectivity index (χ4n) is 3.52. The molecule has 1 unspecified atom stereocenters. The predicted octanol–water partition coefficient (Wildman–Crippen LogP) is 3.05. The summed E-state index contributed by atoms with van der Waals surface area (Å²) in [6.07, 6.45) is 0.130. The summed E-state index contributed by atoms with van der Waals surface area (Å²) in [6.45, 7) is 2.00. The van der Waals surface area contributed by atoms with Gasteiger partial charge < -0.3 is 24.2 Å². The molecule has 0 aliphatic carbocycles. The Hall–Kier alpha value is -3.88. The van der Waals surface area contributed by atoms with Crippen LogP contribution in [0.15, 0.2) is 47.0 Å². The molecule has 1 atom stereocenters. The predicted molar refractivity (Wildman–Crippen MR) is 113 cm³/mol. The van der Waals surface area contributed by atoms with Crippen molar-refractivity contribution in [1.82, 2.24) is 10.1 Å². The van der Waals surface area contributed by atoms with Gasteiger partial charge >= 0.3 is 0 Å². The normalized spacial score (nSPS) is 15.8. The highest BCUT2D eigenvalue weighted by Gasteiger charge is 2.35. The third-order valence-corrected chi connectivity index (χ3v) is 5.09. The van der Waals surface area contributed by atoms with Gasteiger partial charge in [-0.15, -0.1) is 0 Å². The molecule has 1 saturated heterocycles. The van der Waals surface area contributed by atoms with Crippen molar-refractivity contribution in [3.05, 3.63) is 48.4 Å². The van der Waals surface area contributed by atoms with Crippen molar-refractivity contribution >= 4 is 23.2 Å². The van der Waals surface area contributed by atoms with Crippen LogP contribution in [-0.2, 0) is 9.59 Å². The van der Waals surface area contributed by atoms with E-state index in [1.54, 1.807) is 37.1 Å². The second-order valence-electron chi connectivity index (χ2n) is 7.15. The quantitative estimate of drug-likeness (QED) is 0.651. The first-order chi connectivity index (χ1) is 15.0. The average Bonchev–Trinajstić information content (AvgIpc) is 3.39. The van der Waals surface area contributed by atoms with Crippen molar-refractivity contribution in [3.8, 4) is 22.9 Å². The number of nitrogens with zero attached hydrogens (tertiary/aromatic N) is 3. The number of aromatic nitrogens is 2. The smallest absolute Gasteiger partial charge is 0.229 e. The molecule has 2 aromatic carbocycles. The van der Waals surface area contributed by atoms with Gasteiger partial charge in [0.1, 0.15) is 0 Å². The highest BCUT2D eigenvalue weighted by molar-refractivity contribution is 6.03. The zero-order valence-electron chi connectivity index (χ0n) is 17.4. The van der Waals surface area contributed by atoms with Crippen molar-refractivity contribution in [2.75, 3.05) is 31.0 Å². The van der Waals surface area contributed by atoms with Crippen molar-refractivity contribution in [3.63, 3.8) is 0 Å². The molecule has 2 amide bonds. The average molecular weight is 422 g/mol. The van der Waals surface area contributed by atoms with Gasteiger partial charge in [-0.05, 0) is 24.3 Å². The molecule has 1 N–H and O–H groups in total. The molecular formula is C22H22N4O5. The van der Waals surface area contributed by atoms with E-state index in [-0.39, 0.29) is 24.8 Å². The number of anilines is 2. The minimum Gasteiger partial charge on any atom is -0.493 e. The Kier molecular flexibility index (Phi) is 5.57. The lowest BCUT2D eigenvalue weighted by Crippen LogP contribution is -2.28. The molecule has 9 heteroatoms. The summed E-state index contributed by atoms with van der Waals surface area (Å²) in [4.78, 5) is 31.3. The fraction of sp³-hybridized carbons (Fsp3) is 0.273. The highest BCUT2D eigenvalue weighted by atomic mass is 16.5. The number of carbonyl (C=O) groups is 2. The first-order valence-corrected chi connectivity index (χ1v) is 9.72. The Labute approximate surface area is 179 Å². The monoisotopic (exact) mass is 422 g/mol. The van der Waals surface area contributed by atoms with Gasteiger partial charge in [0.2, 0.25) is 23.5 Å². The van der Waals surface area contributed by atoms with E-state index in [1.807, 2.05) is 24.3 Å². The number of carbonyl (C=O) groups excluding carboxylic acids is 2. The maximum absolute atomic E-state index is 12.8. The summed E-state index contributed by atoms with van der Waals surface area (Å²) in [5.41, 5.74) is 2.00.